The van der Waals surface area contributed by atoms with Crippen LogP contribution in [0.15, 0.2) is 51.6 Å². The van der Waals surface area contributed by atoms with Gasteiger partial charge in [0.25, 0.3) is 5.91 Å². The lowest BCUT2D eigenvalue weighted by atomic mass is 10.1. The summed E-state index contributed by atoms with van der Waals surface area (Å²) in [7, 11) is 0. The largest absolute Gasteiger partial charge is 0.459 e. The van der Waals surface area contributed by atoms with Crippen LogP contribution in [0, 0.1) is 0 Å². The summed E-state index contributed by atoms with van der Waals surface area (Å²) in [5, 5.41) is 2.94. The van der Waals surface area contributed by atoms with Crippen LogP contribution in [0.4, 0.5) is 4.79 Å². The van der Waals surface area contributed by atoms with Gasteiger partial charge in [-0.05, 0) is 30.2 Å². The van der Waals surface area contributed by atoms with Crippen molar-refractivity contribution in [2.24, 2.45) is 0 Å². The minimum atomic E-state index is -0.126. The fourth-order valence-corrected chi connectivity index (χ4v) is 3.27. The van der Waals surface area contributed by atoms with Gasteiger partial charge in [-0.1, -0.05) is 34.1 Å². The van der Waals surface area contributed by atoms with Gasteiger partial charge >= 0.3 is 6.03 Å². The smallest absolute Gasteiger partial charge is 0.317 e. The molecule has 1 aromatic carbocycles. The molecule has 1 fully saturated rings. The third kappa shape index (κ3) is 4.42. The molecule has 0 unspecified atom stereocenters. The maximum atomic E-state index is 12.3. The summed E-state index contributed by atoms with van der Waals surface area (Å²) >= 11 is 3.51. The van der Waals surface area contributed by atoms with Gasteiger partial charge in [0, 0.05) is 37.2 Å². The van der Waals surface area contributed by atoms with E-state index in [1.165, 1.54) is 6.26 Å². The molecule has 3 rings (SSSR count). The summed E-state index contributed by atoms with van der Waals surface area (Å²) in [4.78, 5) is 27.9. The molecule has 0 atom stereocenters. The number of carbonyl (C=O) groups excluding carboxylic acids is 2. The van der Waals surface area contributed by atoms with Crippen molar-refractivity contribution >= 4 is 27.9 Å². The number of piperazine rings is 1. The summed E-state index contributed by atoms with van der Waals surface area (Å²) in [5.74, 6) is 0.213. The molecule has 132 valence electrons. The first-order chi connectivity index (χ1) is 12.1. The van der Waals surface area contributed by atoms with Crippen LogP contribution in [0.2, 0.25) is 0 Å². The number of hydrogen-bond acceptors (Lipinski definition) is 3. The standard InChI is InChI=1S/C18H20BrN3O3/c19-15-5-2-1-4-14(15)7-8-20-18(24)22-11-9-21(10-12-22)17(23)16-6-3-13-25-16/h1-6,13H,7-12H2,(H,20,24). The number of halogens is 1. The molecule has 1 N–H and O–H groups in total. The Morgan fingerprint density at radius 1 is 1.04 bits per heavy atom. The molecule has 25 heavy (non-hydrogen) atoms. The second-order valence-corrected chi connectivity index (χ2v) is 6.68. The molecule has 2 heterocycles. The van der Waals surface area contributed by atoms with Gasteiger partial charge in [-0.2, -0.15) is 0 Å². The first-order valence-corrected chi connectivity index (χ1v) is 9.03. The highest BCUT2D eigenvalue weighted by Gasteiger charge is 2.25. The molecule has 0 saturated carbocycles. The van der Waals surface area contributed by atoms with Crippen LogP contribution in [0.5, 0.6) is 0 Å². The molecule has 0 spiro atoms. The topological polar surface area (TPSA) is 65.8 Å². The lowest BCUT2D eigenvalue weighted by Gasteiger charge is -2.34. The Hall–Kier alpha value is -2.28. The third-order valence-corrected chi connectivity index (χ3v) is 4.99. The molecule has 0 aliphatic carbocycles. The van der Waals surface area contributed by atoms with E-state index in [2.05, 4.69) is 21.2 Å². The van der Waals surface area contributed by atoms with Gasteiger partial charge in [-0.25, -0.2) is 4.79 Å². The second kappa shape index (κ2) is 8.20. The Balaban J connectivity index is 1.42. The van der Waals surface area contributed by atoms with Crippen LogP contribution < -0.4 is 5.32 Å². The fourth-order valence-electron chi connectivity index (χ4n) is 2.79. The number of hydrogen-bond donors (Lipinski definition) is 1. The number of nitrogens with zero attached hydrogens (tertiary/aromatic N) is 2. The Morgan fingerprint density at radius 3 is 2.44 bits per heavy atom. The second-order valence-electron chi connectivity index (χ2n) is 5.83. The fraction of sp³-hybridized carbons (Fsp3) is 0.333. The van der Waals surface area contributed by atoms with E-state index in [0.29, 0.717) is 38.5 Å². The van der Waals surface area contributed by atoms with E-state index < -0.39 is 0 Å². The van der Waals surface area contributed by atoms with E-state index >= 15 is 0 Å². The summed E-state index contributed by atoms with van der Waals surface area (Å²) in [5.41, 5.74) is 1.16. The van der Waals surface area contributed by atoms with Crippen LogP contribution in [-0.2, 0) is 6.42 Å². The van der Waals surface area contributed by atoms with Crippen LogP contribution in [-0.4, -0.2) is 54.5 Å². The van der Waals surface area contributed by atoms with Crippen molar-refractivity contribution in [2.75, 3.05) is 32.7 Å². The van der Waals surface area contributed by atoms with Crippen molar-refractivity contribution in [3.05, 3.63) is 58.5 Å². The van der Waals surface area contributed by atoms with Crippen LogP contribution in [0.25, 0.3) is 0 Å². The highest BCUT2D eigenvalue weighted by Crippen LogP contribution is 2.16. The van der Waals surface area contributed by atoms with E-state index in [9.17, 15) is 9.59 Å². The van der Waals surface area contributed by atoms with E-state index in [1.54, 1.807) is 21.9 Å². The zero-order chi connectivity index (χ0) is 17.6. The molecule has 1 aliphatic rings. The minimum absolute atomic E-state index is 0.0860. The van der Waals surface area contributed by atoms with Gasteiger partial charge < -0.3 is 19.5 Å². The van der Waals surface area contributed by atoms with Crippen molar-refractivity contribution in [1.29, 1.82) is 0 Å². The number of urea groups is 1. The lowest BCUT2D eigenvalue weighted by molar-refractivity contribution is 0.0634. The maximum Gasteiger partial charge on any atom is 0.317 e. The van der Waals surface area contributed by atoms with E-state index in [0.717, 1.165) is 16.5 Å². The summed E-state index contributed by atoms with van der Waals surface area (Å²) < 4.78 is 6.19. The van der Waals surface area contributed by atoms with Gasteiger partial charge in [-0.15, -0.1) is 0 Å². The maximum absolute atomic E-state index is 12.3. The first-order valence-electron chi connectivity index (χ1n) is 8.24. The van der Waals surface area contributed by atoms with Crippen molar-refractivity contribution < 1.29 is 14.0 Å². The summed E-state index contributed by atoms with van der Waals surface area (Å²) in [6, 6.07) is 11.2. The Labute approximate surface area is 154 Å². The number of rotatable bonds is 4. The number of carbonyl (C=O) groups is 2. The minimum Gasteiger partial charge on any atom is -0.459 e. The monoisotopic (exact) mass is 405 g/mol. The van der Waals surface area contributed by atoms with Crippen LogP contribution in [0.3, 0.4) is 0 Å². The molecule has 7 heteroatoms. The molecular formula is C18H20BrN3O3. The van der Waals surface area contributed by atoms with Gasteiger partial charge in [0.05, 0.1) is 6.26 Å². The number of amides is 3. The van der Waals surface area contributed by atoms with Crippen molar-refractivity contribution in [1.82, 2.24) is 15.1 Å². The number of furan rings is 1. The predicted molar refractivity (Wildman–Crippen MR) is 97.4 cm³/mol. The van der Waals surface area contributed by atoms with Crippen molar-refractivity contribution in [2.45, 2.75) is 6.42 Å². The van der Waals surface area contributed by atoms with Crippen LogP contribution >= 0.6 is 15.9 Å². The Morgan fingerprint density at radius 2 is 1.76 bits per heavy atom. The number of benzene rings is 1. The molecule has 1 aromatic heterocycles. The molecule has 0 radical (unpaired) electrons. The lowest BCUT2D eigenvalue weighted by Crippen LogP contribution is -2.53. The molecule has 6 nitrogen and oxygen atoms in total. The average molecular weight is 406 g/mol. The quantitative estimate of drug-likeness (QED) is 0.850. The van der Waals surface area contributed by atoms with Crippen molar-refractivity contribution in [3.8, 4) is 0 Å². The molecule has 1 aliphatic heterocycles. The summed E-state index contributed by atoms with van der Waals surface area (Å²) in [6.07, 6.45) is 2.26. The Bertz CT molecular complexity index is 725. The van der Waals surface area contributed by atoms with Gasteiger partial charge in [0.1, 0.15) is 0 Å². The SMILES string of the molecule is O=C(NCCc1ccccc1Br)N1CCN(C(=O)c2ccco2)CC1. The molecular weight excluding hydrogens is 386 g/mol. The first kappa shape index (κ1) is 17.5. The zero-order valence-corrected chi connectivity index (χ0v) is 15.4. The molecule has 0 bridgehead atoms. The van der Waals surface area contributed by atoms with E-state index in [1.807, 2.05) is 24.3 Å². The summed E-state index contributed by atoms with van der Waals surface area (Å²) in [6.45, 7) is 2.64. The Kier molecular flexibility index (Phi) is 5.75. The highest BCUT2D eigenvalue weighted by atomic mass is 79.9. The van der Waals surface area contributed by atoms with E-state index in [4.69, 9.17) is 4.42 Å². The van der Waals surface area contributed by atoms with Gasteiger partial charge in [0.15, 0.2) is 5.76 Å². The normalized spacial score (nSPS) is 14.4. The molecule has 1 saturated heterocycles. The highest BCUT2D eigenvalue weighted by molar-refractivity contribution is 9.10. The third-order valence-electron chi connectivity index (χ3n) is 4.21. The molecule has 3 amide bonds. The molecule has 2 aromatic rings. The van der Waals surface area contributed by atoms with Crippen LogP contribution in [0.1, 0.15) is 16.1 Å². The van der Waals surface area contributed by atoms with Gasteiger partial charge in [-0.3, -0.25) is 4.79 Å². The van der Waals surface area contributed by atoms with Gasteiger partial charge in [0.2, 0.25) is 0 Å². The average Bonchev–Trinajstić information content (AvgIpc) is 3.17. The van der Waals surface area contributed by atoms with E-state index in [-0.39, 0.29) is 11.9 Å². The zero-order valence-electron chi connectivity index (χ0n) is 13.8. The predicted octanol–water partition coefficient (Wildman–Crippen LogP) is 2.75. The number of nitrogens with one attached hydrogen (secondary N) is 1. The van der Waals surface area contributed by atoms with Crippen molar-refractivity contribution in [3.63, 3.8) is 0 Å².